The van der Waals surface area contributed by atoms with Gasteiger partial charge in [0, 0.05) is 32.2 Å². The van der Waals surface area contributed by atoms with Crippen LogP contribution in [0.2, 0.25) is 0 Å². The van der Waals surface area contributed by atoms with E-state index >= 15 is 0 Å². The third-order valence-corrected chi connectivity index (χ3v) is 6.17. The molecule has 1 saturated heterocycles. The Morgan fingerprint density at radius 2 is 1.83 bits per heavy atom. The number of ether oxygens (including phenoxy) is 3. The predicted octanol–water partition coefficient (Wildman–Crippen LogP) is 2.24. The molecule has 10 heteroatoms. The highest BCUT2D eigenvalue weighted by Crippen LogP contribution is 2.36. The fourth-order valence-corrected chi connectivity index (χ4v) is 4.34. The lowest BCUT2D eigenvalue weighted by Crippen LogP contribution is -2.41. The number of benzene rings is 2. The van der Waals surface area contributed by atoms with Crippen molar-refractivity contribution in [3.05, 3.63) is 48.0 Å². The molecule has 4 aromatic rings. The van der Waals surface area contributed by atoms with E-state index < -0.39 is 0 Å². The van der Waals surface area contributed by atoms with E-state index in [2.05, 4.69) is 10.2 Å². The number of carbonyl (C=O) groups excluding carboxylic acids is 1. The largest absolute Gasteiger partial charge is 0.497 e. The Morgan fingerprint density at radius 1 is 1.09 bits per heavy atom. The van der Waals surface area contributed by atoms with Crippen LogP contribution in [0, 0.1) is 0 Å². The molecule has 1 fully saturated rings. The molecule has 35 heavy (non-hydrogen) atoms. The van der Waals surface area contributed by atoms with Crippen molar-refractivity contribution in [2.45, 2.75) is 0 Å². The number of hydrogen-bond donors (Lipinski definition) is 2. The van der Waals surface area contributed by atoms with Crippen LogP contribution >= 0.6 is 0 Å². The zero-order chi connectivity index (χ0) is 24.4. The maximum Gasteiger partial charge on any atom is 0.257 e. The number of hydrogen-bond acceptors (Lipinski definition) is 8. The van der Waals surface area contributed by atoms with Crippen LogP contribution in [0.3, 0.4) is 0 Å². The van der Waals surface area contributed by atoms with Crippen molar-refractivity contribution in [1.29, 1.82) is 0 Å². The van der Waals surface area contributed by atoms with E-state index in [-0.39, 0.29) is 17.3 Å². The number of nitrogens with one attached hydrogen (secondary N) is 1. The minimum absolute atomic E-state index is 0.228. The number of nitrogens with zero attached hydrogens (tertiary/aromatic N) is 4. The third-order valence-electron chi connectivity index (χ3n) is 6.17. The maximum absolute atomic E-state index is 13.4. The van der Waals surface area contributed by atoms with Gasteiger partial charge in [-0.15, -0.1) is 0 Å². The van der Waals surface area contributed by atoms with Crippen molar-refractivity contribution in [2.75, 3.05) is 59.3 Å². The average molecular weight is 477 g/mol. The number of amides is 1. The Hall–Kier alpha value is -3.89. The summed E-state index contributed by atoms with van der Waals surface area (Å²) in [6.45, 7) is 4.33. The molecule has 0 spiro atoms. The van der Waals surface area contributed by atoms with Crippen LogP contribution < -0.4 is 20.5 Å². The fraction of sp³-hybridized carbons (Fsp3) is 0.320. The summed E-state index contributed by atoms with van der Waals surface area (Å²) in [6, 6.07) is 12.9. The highest BCUT2D eigenvalue weighted by atomic mass is 16.5. The highest BCUT2D eigenvalue weighted by Gasteiger charge is 2.26. The molecular formula is C25H28N6O4. The molecule has 2 aromatic carbocycles. The molecule has 1 aliphatic rings. The van der Waals surface area contributed by atoms with Crippen LogP contribution in [-0.4, -0.2) is 79.0 Å². The number of aromatic nitrogens is 3. The lowest BCUT2D eigenvalue weighted by molar-refractivity contribution is 0.0383. The van der Waals surface area contributed by atoms with Gasteiger partial charge in [-0.05, 0) is 24.3 Å². The molecule has 3 N–H and O–H groups in total. The van der Waals surface area contributed by atoms with Gasteiger partial charge in [-0.2, -0.15) is 0 Å². The number of nitrogen functional groups attached to an aromatic ring is 1. The SMILES string of the molecule is COc1ccc(OC)c(-n2c(N)c(C(=O)NCCN3CCOCC3)c3nc4ccccc4nc32)c1. The lowest BCUT2D eigenvalue weighted by atomic mass is 10.2. The summed E-state index contributed by atoms with van der Waals surface area (Å²) < 4.78 is 18.1. The first-order chi connectivity index (χ1) is 17.1. The van der Waals surface area contributed by atoms with Crippen molar-refractivity contribution in [3.63, 3.8) is 0 Å². The highest BCUT2D eigenvalue weighted by molar-refractivity contribution is 6.11. The average Bonchev–Trinajstić information content (AvgIpc) is 3.17. The van der Waals surface area contributed by atoms with Gasteiger partial charge in [-0.1, -0.05) is 12.1 Å². The quantitative estimate of drug-likeness (QED) is 0.417. The molecule has 0 unspecified atom stereocenters. The van der Waals surface area contributed by atoms with Gasteiger partial charge in [-0.3, -0.25) is 14.3 Å². The third kappa shape index (κ3) is 4.33. The minimum Gasteiger partial charge on any atom is -0.497 e. The second kappa shape index (κ2) is 9.77. The van der Waals surface area contributed by atoms with Crippen molar-refractivity contribution in [2.24, 2.45) is 0 Å². The number of morpholine rings is 1. The van der Waals surface area contributed by atoms with Crippen LogP contribution in [0.25, 0.3) is 27.9 Å². The van der Waals surface area contributed by atoms with E-state index in [1.807, 2.05) is 24.3 Å². The van der Waals surface area contributed by atoms with E-state index in [4.69, 9.17) is 29.9 Å². The Kier molecular flexibility index (Phi) is 6.39. The van der Waals surface area contributed by atoms with E-state index in [1.165, 1.54) is 0 Å². The van der Waals surface area contributed by atoms with Gasteiger partial charge in [-0.25, -0.2) is 9.97 Å². The Bertz CT molecular complexity index is 1380. The van der Waals surface area contributed by atoms with E-state index in [0.717, 1.165) is 19.6 Å². The van der Waals surface area contributed by atoms with Gasteiger partial charge in [0.15, 0.2) is 5.65 Å². The Balaban J connectivity index is 1.61. The molecule has 0 aliphatic carbocycles. The molecule has 1 aliphatic heterocycles. The van der Waals surface area contributed by atoms with Gasteiger partial charge in [0.2, 0.25) is 0 Å². The number of fused-ring (bicyclic) bond motifs is 2. The molecule has 0 atom stereocenters. The zero-order valence-electron chi connectivity index (χ0n) is 19.8. The van der Waals surface area contributed by atoms with Gasteiger partial charge in [0.1, 0.15) is 28.4 Å². The first-order valence-electron chi connectivity index (χ1n) is 11.5. The van der Waals surface area contributed by atoms with Crippen LogP contribution in [0.4, 0.5) is 5.82 Å². The summed E-state index contributed by atoms with van der Waals surface area (Å²) in [5.74, 6) is 1.10. The van der Waals surface area contributed by atoms with E-state index in [9.17, 15) is 4.79 Å². The predicted molar refractivity (Wildman–Crippen MR) is 133 cm³/mol. The van der Waals surface area contributed by atoms with E-state index in [0.29, 0.717) is 59.1 Å². The molecular weight excluding hydrogens is 448 g/mol. The maximum atomic E-state index is 13.4. The normalized spacial score (nSPS) is 14.3. The lowest BCUT2D eigenvalue weighted by Gasteiger charge is -2.26. The first kappa shape index (κ1) is 22.9. The van der Waals surface area contributed by atoms with Crippen LogP contribution in [0.15, 0.2) is 42.5 Å². The van der Waals surface area contributed by atoms with Gasteiger partial charge in [0.05, 0.1) is 44.2 Å². The molecule has 3 heterocycles. The fourth-order valence-electron chi connectivity index (χ4n) is 4.34. The second-order valence-electron chi connectivity index (χ2n) is 8.23. The van der Waals surface area contributed by atoms with E-state index in [1.54, 1.807) is 37.0 Å². The molecule has 0 saturated carbocycles. The number of para-hydroxylation sites is 2. The Labute approximate surface area is 202 Å². The summed E-state index contributed by atoms with van der Waals surface area (Å²) in [4.78, 5) is 25.3. The number of carbonyl (C=O) groups is 1. The molecule has 5 rings (SSSR count). The Morgan fingerprint density at radius 3 is 2.54 bits per heavy atom. The number of rotatable bonds is 7. The number of nitrogens with two attached hydrogens (primary N) is 1. The second-order valence-corrected chi connectivity index (χ2v) is 8.23. The van der Waals surface area contributed by atoms with Crippen molar-refractivity contribution in [3.8, 4) is 17.2 Å². The van der Waals surface area contributed by atoms with Crippen LogP contribution in [0.1, 0.15) is 10.4 Å². The van der Waals surface area contributed by atoms with Gasteiger partial charge < -0.3 is 25.3 Å². The van der Waals surface area contributed by atoms with Gasteiger partial charge in [0.25, 0.3) is 5.91 Å². The summed E-state index contributed by atoms with van der Waals surface area (Å²) in [5, 5.41) is 3.00. The van der Waals surface area contributed by atoms with Crippen LogP contribution in [0.5, 0.6) is 11.5 Å². The minimum atomic E-state index is -0.300. The summed E-state index contributed by atoms with van der Waals surface area (Å²) in [6.07, 6.45) is 0. The molecule has 1 amide bonds. The topological polar surface area (TPSA) is 117 Å². The van der Waals surface area contributed by atoms with Crippen LogP contribution in [-0.2, 0) is 4.74 Å². The molecule has 0 radical (unpaired) electrons. The summed E-state index contributed by atoms with van der Waals surface area (Å²) >= 11 is 0. The first-order valence-corrected chi connectivity index (χ1v) is 11.5. The summed E-state index contributed by atoms with van der Waals surface area (Å²) in [7, 11) is 3.16. The number of methoxy groups -OCH3 is 2. The molecule has 0 bridgehead atoms. The molecule has 10 nitrogen and oxygen atoms in total. The van der Waals surface area contributed by atoms with Gasteiger partial charge >= 0.3 is 0 Å². The molecule has 182 valence electrons. The van der Waals surface area contributed by atoms with Crippen molar-refractivity contribution < 1.29 is 19.0 Å². The standard InChI is InChI=1S/C25H28N6O4/c1-33-16-7-8-20(34-2)19(15-16)31-23(26)21(25(32)27-9-10-30-11-13-35-14-12-30)22-24(31)29-18-6-4-3-5-17(18)28-22/h3-8,15H,9-14,26H2,1-2H3,(H,27,32). The monoisotopic (exact) mass is 476 g/mol. The smallest absolute Gasteiger partial charge is 0.257 e. The van der Waals surface area contributed by atoms with Crippen molar-refractivity contribution in [1.82, 2.24) is 24.8 Å². The zero-order valence-corrected chi connectivity index (χ0v) is 19.8. The molecule has 2 aromatic heterocycles. The summed E-state index contributed by atoms with van der Waals surface area (Å²) in [5.41, 5.74) is 9.79. The van der Waals surface area contributed by atoms with Crippen molar-refractivity contribution >= 4 is 33.9 Å². The number of anilines is 1.